The summed E-state index contributed by atoms with van der Waals surface area (Å²) in [6, 6.07) is 11.0. The third-order valence-electron chi connectivity index (χ3n) is 4.46. The van der Waals surface area contributed by atoms with Gasteiger partial charge in [0.2, 0.25) is 0 Å². The lowest BCUT2D eigenvalue weighted by Gasteiger charge is -2.05. The smallest absolute Gasteiger partial charge is 0.259 e. The van der Waals surface area contributed by atoms with E-state index in [9.17, 15) is 4.79 Å². The lowest BCUT2D eigenvalue weighted by atomic mass is 10.1. The van der Waals surface area contributed by atoms with Gasteiger partial charge < -0.3 is 14.3 Å². The average Bonchev–Trinajstić information content (AvgIpc) is 3.48. The summed E-state index contributed by atoms with van der Waals surface area (Å²) in [5.41, 5.74) is 2.58. The van der Waals surface area contributed by atoms with Crippen molar-refractivity contribution in [1.82, 2.24) is 20.3 Å². The second-order valence-electron chi connectivity index (χ2n) is 6.51. The molecule has 8 nitrogen and oxygen atoms in total. The van der Waals surface area contributed by atoms with Crippen molar-refractivity contribution in [3.05, 3.63) is 58.8 Å². The van der Waals surface area contributed by atoms with Gasteiger partial charge in [-0.05, 0) is 44.2 Å². The first kappa shape index (κ1) is 17.4. The van der Waals surface area contributed by atoms with Crippen LogP contribution in [0.1, 0.15) is 20.9 Å². The Morgan fingerprint density at radius 3 is 2.86 bits per heavy atom. The van der Waals surface area contributed by atoms with Crippen molar-refractivity contribution >= 4 is 34.2 Å². The Hall–Kier alpha value is -3.72. The highest BCUT2D eigenvalue weighted by Crippen LogP contribution is 2.29. The minimum Gasteiger partial charge on any atom is -0.463 e. The van der Waals surface area contributed by atoms with Gasteiger partial charge in [-0.25, -0.2) is 4.98 Å². The summed E-state index contributed by atoms with van der Waals surface area (Å²) in [5.74, 6) is 0.622. The van der Waals surface area contributed by atoms with Crippen molar-refractivity contribution in [1.29, 1.82) is 0 Å². The molecule has 0 radical (unpaired) electrons. The molecule has 0 saturated heterocycles. The number of hydrogen-bond donors (Lipinski definition) is 2. The number of rotatable bonds is 4. The summed E-state index contributed by atoms with van der Waals surface area (Å²) in [4.78, 5) is 19.7. The van der Waals surface area contributed by atoms with Crippen LogP contribution in [0.4, 0.5) is 5.82 Å². The first-order valence-corrected chi connectivity index (χ1v) is 9.64. The van der Waals surface area contributed by atoms with Gasteiger partial charge in [0.25, 0.3) is 11.6 Å². The van der Waals surface area contributed by atoms with Crippen LogP contribution in [0.15, 0.2) is 51.6 Å². The van der Waals surface area contributed by atoms with Gasteiger partial charge in [-0.2, -0.15) is 5.10 Å². The predicted molar refractivity (Wildman–Crippen MR) is 109 cm³/mol. The lowest BCUT2D eigenvalue weighted by Crippen LogP contribution is -2.13. The highest BCUT2D eigenvalue weighted by Gasteiger charge is 2.21. The van der Waals surface area contributed by atoms with Crippen LogP contribution < -0.4 is 5.32 Å². The average molecular weight is 405 g/mol. The summed E-state index contributed by atoms with van der Waals surface area (Å²) < 4.78 is 10.7. The minimum atomic E-state index is -0.336. The summed E-state index contributed by atoms with van der Waals surface area (Å²) in [6.45, 7) is 3.81. The Morgan fingerprint density at radius 2 is 2.10 bits per heavy atom. The molecule has 0 saturated carbocycles. The number of anilines is 1. The number of aromatic nitrogens is 4. The number of furan rings is 1. The maximum Gasteiger partial charge on any atom is 0.259 e. The van der Waals surface area contributed by atoms with Crippen molar-refractivity contribution in [3.8, 4) is 22.0 Å². The Labute approximate surface area is 168 Å². The number of fused-ring (bicyclic) bond motifs is 1. The Morgan fingerprint density at radius 1 is 1.21 bits per heavy atom. The Balaban J connectivity index is 1.51. The van der Waals surface area contributed by atoms with Crippen molar-refractivity contribution in [2.75, 3.05) is 5.32 Å². The number of carbonyl (C=O) groups is 1. The number of nitrogens with one attached hydrogen (secondary N) is 2. The van der Waals surface area contributed by atoms with E-state index in [2.05, 4.69) is 25.7 Å². The van der Waals surface area contributed by atoms with E-state index < -0.39 is 0 Å². The molecule has 0 spiro atoms. The van der Waals surface area contributed by atoms with Gasteiger partial charge in [0.05, 0.1) is 33.5 Å². The molecule has 29 heavy (non-hydrogen) atoms. The summed E-state index contributed by atoms with van der Waals surface area (Å²) in [5, 5.41) is 14.5. The maximum absolute atomic E-state index is 13.1. The predicted octanol–water partition coefficient (Wildman–Crippen LogP) is 4.80. The molecule has 1 amide bonds. The van der Waals surface area contributed by atoms with Crippen molar-refractivity contribution in [3.63, 3.8) is 0 Å². The molecule has 5 rings (SSSR count). The van der Waals surface area contributed by atoms with E-state index in [0.29, 0.717) is 33.9 Å². The SMILES string of the molecule is Cc1ccc(-c2cc(NC(=O)c3cc(-c4ccco4)nc4onc(C)c34)n[nH]2)s1. The largest absolute Gasteiger partial charge is 0.463 e. The normalized spacial score (nSPS) is 11.2. The molecule has 5 heterocycles. The van der Waals surface area contributed by atoms with Crippen LogP contribution in [-0.2, 0) is 0 Å². The number of nitrogens with zero attached hydrogens (tertiary/aromatic N) is 3. The molecule has 0 bridgehead atoms. The molecule has 5 aromatic rings. The molecule has 0 aliphatic heterocycles. The van der Waals surface area contributed by atoms with Crippen molar-refractivity contribution in [2.45, 2.75) is 13.8 Å². The second kappa shape index (κ2) is 6.71. The van der Waals surface area contributed by atoms with Crippen LogP contribution in [0, 0.1) is 13.8 Å². The van der Waals surface area contributed by atoms with Gasteiger partial charge in [-0.3, -0.25) is 9.89 Å². The molecule has 9 heteroatoms. The van der Waals surface area contributed by atoms with E-state index in [0.717, 1.165) is 10.6 Å². The van der Waals surface area contributed by atoms with E-state index >= 15 is 0 Å². The van der Waals surface area contributed by atoms with Gasteiger partial charge >= 0.3 is 0 Å². The minimum absolute atomic E-state index is 0.276. The van der Waals surface area contributed by atoms with E-state index in [1.54, 1.807) is 48.8 Å². The molecule has 0 aliphatic carbocycles. The van der Waals surface area contributed by atoms with Gasteiger partial charge in [0.15, 0.2) is 11.6 Å². The Kier molecular flexibility index (Phi) is 4.02. The second-order valence-corrected chi connectivity index (χ2v) is 7.80. The standard InChI is InChI=1S/C20H15N5O3S/c1-10-5-6-16(29-10)14-9-17(24-23-14)22-19(26)12-8-13(15-4-3-7-27-15)21-20-18(12)11(2)25-28-20/h3-9H,1-2H3,(H2,22,23,24,26). The number of carbonyl (C=O) groups excluding carboxylic acids is 1. The first-order valence-electron chi connectivity index (χ1n) is 8.83. The first-order chi connectivity index (χ1) is 14.1. The zero-order valence-electron chi connectivity index (χ0n) is 15.5. The molecule has 5 aromatic heterocycles. The fourth-order valence-corrected chi connectivity index (χ4v) is 3.93. The maximum atomic E-state index is 13.1. The zero-order chi connectivity index (χ0) is 20.0. The lowest BCUT2D eigenvalue weighted by molar-refractivity contribution is 0.102. The van der Waals surface area contributed by atoms with Gasteiger partial charge in [0.1, 0.15) is 5.69 Å². The number of hydrogen-bond acceptors (Lipinski definition) is 7. The topological polar surface area (TPSA) is 110 Å². The Bertz CT molecular complexity index is 1330. The van der Waals surface area contributed by atoms with Crippen LogP contribution in [0.3, 0.4) is 0 Å². The van der Waals surface area contributed by atoms with Crippen LogP contribution in [0.2, 0.25) is 0 Å². The molecule has 0 fully saturated rings. The van der Waals surface area contributed by atoms with Gasteiger partial charge in [-0.1, -0.05) is 5.16 Å². The molecule has 0 atom stereocenters. The van der Waals surface area contributed by atoms with E-state index in [1.165, 1.54) is 4.88 Å². The van der Waals surface area contributed by atoms with Gasteiger partial charge in [0, 0.05) is 10.9 Å². The monoisotopic (exact) mass is 405 g/mol. The number of aryl methyl sites for hydroxylation is 2. The van der Waals surface area contributed by atoms with E-state index in [-0.39, 0.29) is 11.6 Å². The van der Waals surface area contributed by atoms with Crippen LogP contribution in [0.25, 0.3) is 33.1 Å². The summed E-state index contributed by atoms with van der Waals surface area (Å²) in [7, 11) is 0. The molecule has 0 unspecified atom stereocenters. The van der Waals surface area contributed by atoms with Crippen LogP contribution >= 0.6 is 11.3 Å². The quantitative estimate of drug-likeness (QED) is 0.444. The highest BCUT2D eigenvalue weighted by atomic mass is 32.1. The molecule has 144 valence electrons. The number of H-pyrrole nitrogens is 1. The number of amides is 1. The van der Waals surface area contributed by atoms with Crippen molar-refractivity contribution < 1.29 is 13.7 Å². The number of pyridine rings is 1. The van der Waals surface area contributed by atoms with Crippen LogP contribution in [0.5, 0.6) is 0 Å². The van der Waals surface area contributed by atoms with E-state index in [4.69, 9.17) is 8.94 Å². The number of thiophene rings is 1. The molecular formula is C20H15N5O3S. The third-order valence-corrected chi connectivity index (χ3v) is 5.49. The molecule has 0 aromatic carbocycles. The fraction of sp³-hybridized carbons (Fsp3) is 0.100. The zero-order valence-corrected chi connectivity index (χ0v) is 16.3. The van der Waals surface area contributed by atoms with Gasteiger partial charge in [-0.15, -0.1) is 11.3 Å². The highest BCUT2D eigenvalue weighted by molar-refractivity contribution is 7.15. The van der Waals surface area contributed by atoms with E-state index in [1.807, 2.05) is 19.1 Å². The summed E-state index contributed by atoms with van der Waals surface area (Å²) in [6.07, 6.45) is 1.55. The molecule has 0 aliphatic rings. The summed E-state index contributed by atoms with van der Waals surface area (Å²) >= 11 is 1.65. The fourth-order valence-electron chi connectivity index (χ4n) is 3.10. The molecular weight excluding hydrogens is 390 g/mol. The molecule has 2 N–H and O–H groups in total. The van der Waals surface area contributed by atoms with Crippen molar-refractivity contribution in [2.24, 2.45) is 0 Å². The van der Waals surface area contributed by atoms with Crippen LogP contribution in [-0.4, -0.2) is 26.2 Å². The third kappa shape index (κ3) is 3.11. The number of aromatic amines is 1.